The summed E-state index contributed by atoms with van der Waals surface area (Å²) in [4.78, 5) is 24.7. The standard InChI is InChI=1S/C20H22O5S/c1-20(19(22)25-2,15-9-6-10-16(21)13-15)26(23,24)18-12-5-8-14-7-3-4-11-17(14)18/h3-5,7-8,11-12,15H,6,9-10,13H2,1-2H3/t15?,20-/m0/s1. The van der Waals surface area contributed by atoms with E-state index >= 15 is 0 Å². The second-order valence-corrected chi connectivity index (χ2v) is 9.21. The van der Waals surface area contributed by atoms with Gasteiger partial charge in [0.15, 0.2) is 14.6 Å². The molecule has 26 heavy (non-hydrogen) atoms. The summed E-state index contributed by atoms with van der Waals surface area (Å²) in [6.45, 7) is 1.40. The smallest absolute Gasteiger partial charge is 0.327 e. The summed E-state index contributed by atoms with van der Waals surface area (Å²) in [7, 11) is -2.90. The first-order valence-corrected chi connectivity index (χ1v) is 10.1. The van der Waals surface area contributed by atoms with Crippen LogP contribution in [-0.2, 0) is 24.2 Å². The number of carbonyl (C=O) groups is 2. The minimum Gasteiger partial charge on any atom is -0.468 e. The third kappa shape index (κ3) is 2.82. The number of hydrogen-bond donors (Lipinski definition) is 0. The van der Waals surface area contributed by atoms with Crippen molar-refractivity contribution in [1.82, 2.24) is 0 Å². The normalized spacial score (nSPS) is 20.5. The maximum absolute atomic E-state index is 13.7. The fourth-order valence-electron chi connectivity index (χ4n) is 3.85. The van der Waals surface area contributed by atoms with Crippen molar-refractivity contribution in [2.75, 3.05) is 7.11 Å². The number of rotatable bonds is 4. The number of sulfone groups is 1. The van der Waals surface area contributed by atoms with E-state index in [-0.39, 0.29) is 17.1 Å². The Hall–Kier alpha value is -2.21. The van der Waals surface area contributed by atoms with Crippen molar-refractivity contribution < 1.29 is 22.7 Å². The number of hydrogen-bond acceptors (Lipinski definition) is 5. The molecule has 2 atom stereocenters. The van der Waals surface area contributed by atoms with Crippen LogP contribution in [0.25, 0.3) is 10.8 Å². The Bertz CT molecular complexity index is 958. The van der Waals surface area contributed by atoms with E-state index in [1.165, 1.54) is 20.1 Å². The van der Waals surface area contributed by atoms with Crippen LogP contribution in [-0.4, -0.2) is 32.0 Å². The quantitative estimate of drug-likeness (QED) is 0.768. The Morgan fingerprint density at radius 1 is 1.15 bits per heavy atom. The molecule has 1 saturated carbocycles. The lowest BCUT2D eigenvalue weighted by Gasteiger charge is -2.36. The molecule has 0 spiro atoms. The highest BCUT2D eigenvalue weighted by atomic mass is 32.2. The van der Waals surface area contributed by atoms with Gasteiger partial charge in [0.2, 0.25) is 0 Å². The predicted molar refractivity (Wildman–Crippen MR) is 98.5 cm³/mol. The summed E-state index contributed by atoms with van der Waals surface area (Å²) in [6, 6.07) is 12.2. The zero-order valence-electron chi connectivity index (χ0n) is 14.9. The molecule has 0 aliphatic heterocycles. The van der Waals surface area contributed by atoms with Crippen LogP contribution < -0.4 is 0 Å². The van der Waals surface area contributed by atoms with Crippen LogP contribution in [0.4, 0.5) is 0 Å². The van der Waals surface area contributed by atoms with Crippen molar-refractivity contribution in [2.24, 2.45) is 5.92 Å². The summed E-state index contributed by atoms with van der Waals surface area (Å²) in [5.74, 6) is -1.42. The van der Waals surface area contributed by atoms with Gasteiger partial charge in [-0.2, -0.15) is 0 Å². The minimum atomic E-state index is -4.09. The highest BCUT2D eigenvalue weighted by molar-refractivity contribution is 7.93. The second kappa shape index (κ2) is 6.83. The van der Waals surface area contributed by atoms with E-state index in [4.69, 9.17) is 4.74 Å². The molecule has 2 aromatic carbocycles. The van der Waals surface area contributed by atoms with Gasteiger partial charge in [0.25, 0.3) is 0 Å². The molecule has 1 aliphatic carbocycles. The number of ketones is 1. The number of carbonyl (C=O) groups excluding carboxylic acids is 2. The zero-order chi connectivity index (χ0) is 18.9. The lowest BCUT2D eigenvalue weighted by molar-refractivity contribution is -0.145. The van der Waals surface area contributed by atoms with Crippen LogP contribution in [0.2, 0.25) is 0 Å². The molecule has 0 amide bonds. The Morgan fingerprint density at radius 3 is 2.54 bits per heavy atom. The van der Waals surface area contributed by atoms with Crippen LogP contribution in [0.15, 0.2) is 47.4 Å². The summed E-state index contributed by atoms with van der Waals surface area (Å²) >= 11 is 0. The van der Waals surface area contributed by atoms with Crippen LogP contribution in [0.5, 0.6) is 0 Å². The van der Waals surface area contributed by atoms with E-state index in [9.17, 15) is 18.0 Å². The molecule has 2 aromatic rings. The molecule has 0 heterocycles. The van der Waals surface area contributed by atoms with Gasteiger partial charge in [-0.25, -0.2) is 8.42 Å². The third-order valence-electron chi connectivity index (χ3n) is 5.45. The minimum absolute atomic E-state index is 0.00972. The Morgan fingerprint density at radius 2 is 1.85 bits per heavy atom. The second-order valence-electron chi connectivity index (χ2n) is 6.91. The molecule has 0 bridgehead atoms. The summed E-state index contributed by atoms with van der Waals surface area (Å²) < 4.78 is 30.4. The molecule has 0 radical (unpaired) electrons. The van der Waals surface area contributed by atoms with Crippen molar-refractivity contribution in [2.45, 2.75) is 42.2 Å². The first kappa shape index (κ1) is 18.6. The third-order valence-corrected chi connectivity index (χ3v) is 8.00. The lowest BCUT2D eigenvalue weighted by Crippen LogP contribution is -2.52. The van der Waals surface area contributed by atoms with Crippen molar-refractivity contribution in [3.8, 4) is 0 Å². The summed E-state index contributed by atoms with van der Waals surface area (Å²) in [5.41, 5.74) is 0. The molecule has 0 aromatic heterocycles. The van der Waals surface area contributed by atoms with Crippen molar-refractivity contribution in [1.29, 1.82) is 0 Å². The van der Waals surface area contributed by atoms with Crippen molar-refractivity contribution in [3.63, 3.8) is 0 Å². The summed E-state index contributed by atoms with van der Waals surface area (Å²) in [6.07, 6.45) is 1.60. The molecule has 5 nitrogen and oxygen atoms in total. The van der Waals surface area contributed by atoms with Gasteiger partial charge in [-0.05, 0) is 37.1 Å². The van der Waals surface area contributed by atoms with E-state index in [1.807, 2.05) is 18.2 Å². The molecule has 1 aliphatic rings. The summed E-state index contributed by atoms with van der Waals surface area (Å²) in [5, 5.41) is 1.34. The van der Waals surface area contributed by atoms with Crippen molar-refractivity contribution in [3.05, 3.63) is 42.5 Å². The van der Waals surface area contributed by atoms with Gasteiger partial charge < -0.3 is 4.74 Å². The maximum atomic E-state index is 13.7. The zero-order valence-corrected chi connectivity index (χ0v) is 15.7. The van der Waals surface area contributed by atoms with Gasteiger partial charge in [0.1, 0.15) is 5.78 Å². The van der Waals surface area contributed by atoms with Gasteiger partial charge in [0.05, 0.1) is 12.0 Å². The molecule has 138 valence electrons. The van der Waals surface area contributed by atoms with E-state index in [2.05, 4.69) is 0 Å². The topological polar surface area (TPSA) is 77.5 Å². The van der Waals surface area contributed by atoms with E-state index in [0.717, 1.165) is 5.39 Å². The van der Waals surface area contributed by atoms with Crippen LogP contribution >= 0.6 is 0 Å². The SMILES string of the molecule is COC(=O)[C@](C)(C1CCCC(=O)C1)S(=O)(=O)c1cccc2ccccc12. The molecule has 6 heteroatoms. The highest BCUT2D eigenvalue weighted by Crippen LogP contribution is 2.42. The molecular weight excluding hydrogens is 352 g/mol. The van der Waals surface area contributed by atoms with E-state index in [1.54, 1.807) is 18.2 Å². The lowest BCUT2D eigenvalue weighted by atomic mass is 9.79. The number of methoxy groups -OCH3 is 1. The van der Waals surface area contributed by atoms with Crippen LogP contribution in [0.3, 0.4) is 0 Å². The molecule has 3 rings (SSSR count). The fourth-order valence-corrected chi connectivity index (χ4v) is 5.98. The molecule has 0 saturated heterocycles. The maximum Gasteiger partial charge on any atom is 0.327 e. The fraction of sp³-hybridized carbons (Fsp3) is 0.400. The van der Waals surface area contributed by atoms with Gasteiger partial charge in [0, 0.05) is 18.2 Å². The highest BCUT2D eigenvalue weighted by Gasteiger charge is 2.55. The van der Waals surface area contributed by atoms with E-state index < -0.39 is 26.5 Å². The number of Topliss-reactive ketones (excluding diaryl/α,β-unsaturated/α-hetero) is 1. The van der Waals surface area contributed by atoms with Gasteiger partial charge in [-0.15, -0.1) is 0 Å². The van der Waals surface area contributed by atoms with E-state index in [0.29, 0.717) is 24.6 Å². The molecule has 1 fully saturated rings. The average molecular weight is 374 g/mol. The number of ether oxygens (including phenoxy) is 1. The Labute approximate surface area is 153 Å². The number of benzene rings is 2. The number of fused-ring (bicyclic) bond motifs is 1. The van der Waals surface area contributed by atoms with Crippen LogP contribution in [0, 0.1) is 5.92 Å². The van der Waals surface area contributed by atoms with Gasteiger partial charge >= 0.3 is 5.97 Å². The first-order chi connectivity index (χ1) is 12.3. The average Bonchev–Trinajstić information content (AvgIpc) is 2.66. The number of esters is 1. The predicted octanol–water partition coefficient (Wildman–Crippen LogP) is 3.30. The Balaban J connectivity index is 2.22. The molecule has 1 unspecified atom stereocenters. The molecular formula is C20H22O5S. The largest absolute Gasteiger partial charge is 0.468 e. The van der Waals surface area contributed by atoms with Gasteiger partial charge in [-0.3, -0.25) is 9.59 Å². The van der Waals surface area contributed by atoms with Crippen molar-refractivity contribution >= 4 is 32.4 Å². The van der Waals surface area contributed by atoms with Gasteiger partial charge in [-0.1, -0.05) is 36.4 Å². The molecule has 0 N–H and O–H groups in total. The first-order valence-electron chi connectivity index (χ1n) is 8.65. The Kier molecular flexibility index (Phi) is 4.88. The monoisotopic (exact) mass is 374 g/mol. The van der Waals surface area contributed by atoms with Crippen LogP contribution in [0.1, 0.15) is 32.6 Å².